The van der Waals surface area contributed by atoms with Crippen molar-refractivity contribution in [2.45, 2.75) is 13.0 Å². The zero-order valence-electron chi connectivity index (χ0n) is 14.6. The highest BCUT2D eigenvalue weighted by Gasteiger charge is 2.24. The van der Waals surface area contributed by atoms with E-state index in [1.165, 1.54) is 0 Å². The molecular weight excluding hydrogens is 348 g/mol. The summed E-state index contributed by atoms with van der Waals surface area (Å²) >= 11 is 0. The number of nitrogens with one attached hydrogen (secondary N) is 2. The van der Waals surface area contributed by atoms with Crippen LogP contribution in [0.1, 0.15) is 29.0 Å². The zero-order valence-corrected chi connectivity index (χ0v) is 14.6. The summed E-state index contributed by atoms with van der Waals surface area (Å²) in [6, 6.07) is 12.4. The van der Waals surface area contributed by atoms with E-state index in [0.717, 1.165) is 11.3 Å². The number of cyclic esters (lactones) is 1. The summed E-state index contributed by atoms with van der Waals surface area (Å²) in [6.45, 7) is 2.78. The third kappa shape index (κ3) is 3.41. The van der Waals surface area contributed by atoms with Crippen molar-refractivity contribution in [3.05, 3.63) is 60.0 Å². The van der Waals surface area contributed by atoms with Gasteiger partial charge >= 0.3 is 6.09 Å². The highest BCUT2D eigenvalue weighted by atomic mass is 16.6. The summed E-state index contributed by atoms with van der Waals surface area (Å²) < 4.78 is 10.3. The molecule has 3 heterocycles. The van der Waals surface area contributed by atoms with Gasteiger partial charge in [0.2, 0.25) is 0 Å². The fraction of sp³-hybridized carbons (Fsp3) is 0.211. The van der Waals surface area contributed by atoms with E-state index in [4.69, 9.17) is 9.15 Å². The van der Waals surface area contributed by atoms with Crippen molar-refractivity contribution in [3.8, 4) is 11.5 Å². The number of carbonyl (C=O) groups is 2. The minimum Gasteiger partial charge on any atom is -0.463 e. The largest absolute Gasteiger partial charge is 0.463 e. The number of furan rings is 1. The minimum atomic E-state index is -0.356. The average Bonchev–Trinajstić information content (AvgIpc) is 3.42. The quantitative estimate of drug-likeness (QED) is 0.723. The molecular formula is C19H18N4O4. The van der Waals surface area contributed by atoms with Crippen LogP contribution in [0.4, 0.5) is 10.5 Å². The van der Waals surface area contributed by atoms with Gasteiger partial charge in [-0.2, -0.15) is 5.10 Å². The first-order valence-corrected chi connectivity index (χ1v) is 8.56. The van der Waals surface area contributed by atoms with E-state index in [2.05, 4.69) is 15.5 Å². The third-order valence-corrected chi connectivity index (χ3v) is 4.39. The number of benzene rings is 1. The van der Waals surface area contributed by atoms with Crippen molar-refractivity contribution in [3.63, 3.8) is 0 Å². The fourth-order valence-electron chi connectivity index (χ4n) is 2.94. The van der Waals surface area contributed by atoms with Crippen molar-refractivity contribution >= 4 is 17.7 Å². The minimum absolute atomic E-state index is 0.264. The van der Waals surface area contributed by atoms with Gasteiger partial charge in [0.15, 0.2) is 11.5 Å². The lowest BCUT2D eigenvalue weighted by molar-refractivity contribution is 0.0934. The summed E-state index contributed by atoms with van der Waals surface area (Å²) in [7, 11) is 0. The molecule has 138 valence electrons. The molecule has 27 heavy (non-hydrogen) atoms. The Kier molecular flexibility index (Phi) is 4.37. The van der Waals surface area contributed by atoms with Gasteiger partial charge in [-0.3, -0.25) is 14.8 Å². The van der Waals surface area contributed by atoms with Crippen LogP contribution in [0.3, 0.4) is 0 Å². The van der Waals surface area contributed by atoms with Crippen LogP contribution >= 0.6 is 0 Å². The predicted octanol–water partition coefficient (Wildman–Crippen LogP) is 3.12. The summed E-state index contributed by atoms with van der Waals surface area (Å²) in [5.41, 5.74) is 2.53. The molecule has 1 atom stereocenters. The van der Waals surface area contributed by atoms with Crippen LogP contribution in [0.25, 0.3) is 11.5 Å². The van der Waals surface area contributed by atoms with Crippen molar-refractivity contribution in [2.24, 2.45) is 0 Å². The number of hydrogen-bond donors (Lipinski definition) is 2. The van der Waals surface area contributed by atoms with Gasteiger partial charge in [-0.1, -0.05) is 12.1 Å². The molecule has 0 spiro atoms. The van der Waals surface area contributed by atoms with E-state index in [1.807, 2.05) is 31.2 Å². The molecule has 0 radical (unpaired) electrons. The highest BCUT2D eigenvalue weighted by molar-refractivity contribution is 5.93. The number of aromatic nitrogens is 2. The second-order valence-electron chi connectivity index (χ2n) is 6.20. The summed E-state index contributed by atoms with van der Waals surface area (Å²) in [6.07, 6.45) is 1.20. The Morgan fingerprint density at radius 3 is 2.93 bits per heavy atom. The van der Waals surface area contributed by atoms with Gasteiger partial charge in [0.25, 0.3) is 5.91 Å². The van der Waals surface area contributed by atoms with Crippen molar-refractivity contribution in [1.82, 2.24) is 15.5 Å². The number of aromatic amines is 1. The number of rotatable bonds is 5. The lowest BCUT2D eigenvalue weighted by atomic mass is 10.1. The Balaban J connectivity index is 1.46. The molecule has 0 saturated carbocycles. The molecule has 0 aliphatic carbocycles. The number of anilines is 1. The van der Waals surface area contributed by atoms with Crippen molar-refractivity contribution in [2.75, 3.05) is 18.1 Å². The van der Waals surface area contributed by atoms with Crippen LogP contribution in [-0.4, -0.2) is 35.3 Å². The first-order valence-electron chi connectivity index (χ1n) is 8.56. The fourth-order valence-corrected chi connectivity index (χ4v) is 2.94. The Morgan fingerprint density at radius 2 is 2.19 bits per heavy atom. The lowest BCUT2D eigenvalue weighted by Crippen LogP contribution is -2.27. The molecule has 3 aromatic rings. The van der Waals surface area contributed by atoms with E-state index in [9.17, 15) is 9.59 Å². The standard InChI is InChI=1S/C19H18N4O4/c1-12(13-4-2-5-14(10-13)23-7-9-27-19(23)25)20-18(24)16-11-15(21-22-16)17-6-3-8-26-17/h2-6,8,10-12H,7,9H2,1H3,(H,20,24)(H,21,22). The first-order chi connectivity index (χ1) is 13.1. The number of carbonyl (C=O) groups excluding carboxylic acids is 2. The van der Waals surface area contributed by atoms with Crippen LogP contribution in [0, 0.1) is 0 Å². The van der Waals surface area contributed by atoms with Gasteiger partial charge in [0.1, 0.15) is 12.3 Å². The normalized spacial score (nSPS) is 14.9. The van der Waals surface area contributed by atoms with E-state index >= 15 is 0 Å². The number of hydrogen-bond acceptors (Lipinski definition) is 5. The zero-order chi connectivity index (χ0) is 18.8. The summed E-state index contributed by atoms with van der Waals surface area (Å²) in [5, 5.41) is 9.75. The molecule has 4 rings (SSSR count). The maximum absolute atomic E-state index is 12.5. The van der Waals surface area contributed by atoms with Crippen LogP contribution < -0.4 is 10.2 Å². The summed E-state index contributed by atoms with van der Waals surface area (Å²) in [5.74, 6) is 0.308. The van der Waals surface area contributed by atoms with E-state index in [-0.39, 0.29) is 23.7 Å². The van der Waals surface area contributed by atoms with Crippen molar-refractivity contribution in [1.29, 1.82) is 0 Å². The SMILES string of the molecule is CC(NC(=O)c1cc(-c2ccco2)[nH]n1)c1cccc(N2CCOC2=O)c1. The number of nitrogens with zero attached hydrogens (tertiary/aromatic N) is 2. The second-order valence-corrected chi connectivity index (χ2v) is 6.20. The van der Waals surface area contributed by atoms with Gasteiger partial charge in [-0.05, 0) is 36.8 Å². The molecule has 2 aromatic heterocycles. The van der Waals surface area contributed by atoms with Gasteiger partial charge in [0.05, 0.1) is 18.8 Å². The second kappa shape index (κ2) is 6.99. The lowest BCUT2D eigenvalue weighted by Gasteiger charge is -2.17. The van der Waals surface area contributed by atoms with Crippen molar-refractivity contribution < 1.29 is 18.7 Å². The number of amides is 2. The maximum Gasteiger partial charge on any atom is 0.414 e. The van der Waals surface area contributed by atoms with Gasteiger partial charge in [-0.15, -0.1) is 0 Å². The van der Waals surface area contributed by atoms with E-state index in [1.54, 1.807) is 29.4 Å². The molecule has 1 saturated heterocycles. The van der Waals surface area contributed by atoms with Crippen LogP contribution in [0.5, 0.6) is 0 Å². The molecule has 2 amide bonds. The molecule has 8 nitrogen and oxygen atoms in total. The monoisotopic (exact) mass is 366 g/mol. The Hall–Kier alpha value is -3.55. The number of H-pyrrole nitrogens is 1. The molecule has 1 aromatic carbocycles. The molecule has 1 aliphatic rings. The number of ether oxygens (including phenoxy) is 1. The molecule has 8 heteroatoms. The molecule has 1 unspecified atom stereocenters. The summed E-state index contributed by atoms with van der Waals surface area (Å²) in [4.78, 5) is 25.8. The topological polar surface area (TPSA) is 100 Å². The van der Waals surface area contributed by atoms with Crippen LogP contribution in [0.15, 0.2) is 53.1 Å². The van der Waals surface area contributed by atoms with E-state index < -0.39 is 0 Å². The maximum atomic E-state index is 12.5. The molecule has 0 bridgehead atoms. The predicted molar refractivity (Wildman–Crippen MR) is 97.3 cm³/mol. The van der Waals surface area contributed by atoms with E-state index in [0.29, 0.717) is 24.6 Å². The molecule has 1 aliphatic heterocycles. The smallest absolute Gasteiger partial charge is 0.414 e. The average molecular weight is 366 g/mol. The first kappa shape index (κ1) is 16.9. The Labute approximate surface area is 155 Å². The van der Waals surface area contributed by atoms with Gasteiger partial charge in [0, 0.05) is 11.8 Å². The molecule has 2 N–H and O–H groups in total. The molecule has 1 fully saturated rings. The van der Waals surface area contributed by atoms with Crippen LogP contribution in [-0.2, 0) is 4.74 Å². The highest BCUT2D eigenvalue weighted by Crippen LogP contribution is 2.24. The Bertz CT molecular complexity index is 964. The van der Waals surface area contributed by atoms with Gasteiger partial charge in [-0.25, -0.2) is 4.79 Å². The Morgan fingerprint density at radius 1 is 1.30 bits per heavy atom. The third-order valence-electron chi connectivity index (χ3n) is 4.39. The van der Waals surface area contributed by atoms with Crippen LogP contribution in [0.2, 0.25) is 0 Å². The van der Waals surface area contributed by atoms with Gasteiger partial charge < -0.3 is 14.5 Å².